The second-order valence-corrected chi connectivity index (χ2v) is 11.9. The first-order valence-electron chi connectivity index (χ1n) is 13.2. The number of alkyl halides is 2. The molecular weight excluding hydrogens is 529 g/mol. The van der Waals surface area contributed by atoms with Crippen LogP contribution in [-0.4, -0.2) is 47.0 Å². The monoisotopic (exact) mass is 560 g/mol. The van der Waals surface area contributed by atoms with Gasteiger partial charge in [0.25, 0.3) is 0 Å². The van der Waals surface area contributed by atoms with Gasteiger partial charge < -0.3 is 33.9 Å². The van der Waals surface area contributed by atoms with Crippen LogP contribution >= 0.6 is 0 Å². The van der Waals surface area contributed by atoms with Gasteiger partial charge in [0.2, 0.25) is 5.91 Å². The number of aromatic nitrogens is 1. The minimum absolute atomic E-state index is 0.00291. The lowest BCUT2D eigenvalue weighted by molar-refractivity contribution is -0.286. The molecule has 1 atom stereocenters. The van der Waals surface area contributed by atoms with E-state index in [2.05, 4.69) is 14.8 Å². The molecule has 11 heteroatoms. The summed E-state index contributed by atoms with van der Waals surface area (Å²) in [5.74, 6) is -2.04. The lowest BCUT2D eigenvalue weighted by atomic mass is 9.90. The third kappa shape index (κ3) is 4.59. The van der Waals surface area contributed by atoms with E-state index in [1.807, 2.05) is 38.3 Å². The summed E-state index contributed by atoms with van der Waals surface area (Å²) in [5.41, 5.74) is 0.257. The van der Waals surface area contributed by atoms with Crippen LogP contribution in [0, 0.1) is 5.82 Å². The van der Waals surface area contributed by atoms with Crippen LogP contribution in [0.3, 0.4) is 0 Å². The minimum atomic E-state index is -3.76. The van der Waals surface area contributed by atoms with Crippen molar-refractivity contribution in [1.82, 2.24) is 4.57 Å². The second-order valence-electron chi connectivity index (χ2n) is 11.9. The lowest BCUT2D eigenvalue weighted by Crippen LogP contribution is -2.30. The summed E-state index contributed by atoms with van der Waals surface area (Å²) in [5, 5.41) is 13.5. The Morgan fingerprint density at radius 1 is 1.12 bits per heavy atom. The molecule has 2 fully saturated rings. The minimum Gasteiger partial charge on any atom is -0.395 e. The molecule has 2 aliphatic heterocycles. The van der Waals surface area contributed by atoms with Crippen molar-refractivity contribution in [3.05, 3.63) is 53.5 Å². The summed E-state index contributed by atoms with van der Waals surface area (Å²) in [6.45, 7) is 8.09. The van der Waals surface area contributed by atoms with Crippen molar-refractivity contribution in [2.45, 2.75) is 76.1 Å². The molecule has 2 N–H and O–H groups in total. The molecule has 8 nitrogen and oxygen atoms in total. The van der Waals surface area contributed by atoms with Gasteiger partial charge in [-0.25, -0.2) is 4.39 Å². The highest BCUT2D eigenvalue weighted by Crippen LogP contribution is 2.52. The predicted octanol–water partition coefficient (Wildman–Crippen LogP) is 5.19. The van der Waals surface area contributed by atoms with Crippen molar-refractivity contribution >= 4 is 22.5 Å². The Hall–Kier alpha value is -3.28. The van der Waals surface area contributed by atoms with E-state index < -0.39 is 34.6 Å². The molecular formula is C29H31F3N2O6. The van der Waals surface area contributed by atoms with E-state index in [0.29, 0.717) is 42.5 Å². The summed E-state index contributed by atoms with van der Waals surface area (Å²) in [4.78, 5) is 13.4. The second kappa shape index (κ2) is 8.86. The zero-order chi connectivity index (χ0) is 28.7. The summed E-state index contributed by atoms with van der Waals surface area (Å²) in [7, 11) is 0. The SMILES string of the molecule is CC1(C)OC[C@H](Cn2c(C(C)(C)CO)cc3cc(NC(=O)C4(c5ccc6c(c5)OC(F)(F)O6)CC4)c(F)cc32)O1. The molecule has 0 bridgehead atoms. The number of benzene rings is 2. The van der Waals surface area contributed by atoms with Crippen molar-refractivity contribution in [1.29, 1.82) is 0 Å². The number of anilines is 1. The van der Waals surface area contributed by atoms with E-state index in [4.69, 9.17) is 9.47 Å². The largest absolute Gasteiger partial charge is 0.586 e. The maximum Gasteiger partial charge on any atom is 0.586 e. The van der Waals surface area contributed by atoms with Crippen LogP contribution in [0.1, 0.15) is 51.8 Å². The smallest absolute Gasteiger partial charge is 0.395 e. The fourth-order valence-corrected chi connectivity index (χ4v) is 5.54. The molecule has 40 heavy (non-hydrogen) atoms. The van der Waals surface area contributed by atoms with Gasteiger partial charge in [0.05, 0.1) is 36.4 Å². The van der Waals surface area contributed by atoms with Crippen LogP contribution < -0.4 is 14.8 Å². The number of nitrogens with zero attached hydrogens (tertiary/aromatic N) is 1. The topological polar surface area (TPSA) is 91.2 Å². The Morgan fingerprint density at radius 3 is 2.50 bits per heavy atom. The fourth-order valence-electron chi connectivity index (χ4n) is 5.54. The van der Waals surface area contributed by atoms with E-state index in [1.54, 1.807) is 12.1 Å². The van der Waals surface area contributed by atoms with Crippen molar-refractivity contribution < 1.29 is 42.0 Å². The van der Waals surface area contributed by atoms with Gasteiger partial charge in [0, 0.05) is 22.6 Å². The van der Waals surface area contributed by atoms with Crippen molar-refractivity contribution in [3.63, 3.8) is 0 Å². The highest BCUT2D eigenvalue weighted by Gasteiger charge is 2.53. The van der Waals surface area contributed by atoms with Crippen molar-refractivity contribution in [2.24, 2.45) is 0 Å². The summed E-state index contributed by atoms with van der Waals surface area (Å²) in [6, 6.07) is 9.09. The maximum absolute atomic E-state index is 15.5. The molecule has 0 spiro atoms. The summed E-state index contributed by atoms with van der Waals surface area (Å²) in [6.07, 6.45) is -3.07. The molecule has 2 aromatic carbocycles. The van der Waals surface area contributed by atoms with Gasteiger partial charge in [0.15, 0.2) is 17.3 Å². The molecule has 1 saturated carbocycles. The lowest BCUT2D eigenvalue weighted by Gasteiger charge is -2.26. The number of nitrogens with one attached hydrogen (secondary N) is 1. The maximum atomic E-state index is 15.5. The number of aliphatic hydroxyl groups excluding tert-OH is 1. The van der Waals surface area contributed by atoms with Gasteiger partial charge in [0.1, 0.15) is 11.9 Å². The Balaban J connectivity index is 1.30. The number of halogens is 3. The van der Waals surface area contributed by atoms with Crippen LogP contribution in [0.25, 0.3) is 10.9 Å². The van der Waals surface area contributed by atoms with E-state index in [0.717, 1.165) is 5.69 Å². The highest BCUT2D eigenvalue weighted by atomic mass is 19.3. The number of hydrogen-bond acceptors (Lipinski definition) is 6. The van der Waals surface area contributed by atoms with Gasteiger partial charge in [-0.05, 0) is 56.5 Å². The summed E-state index contributed by atoms with van der Waals surface area (Å²) < 4.78 is 65.1. The quantitative estimate of drug-likeness (QED) is 0.413. The Labute approximate surface area is 229 Å². The van der Waals surface area contributed by atoms with E-state index in [-0.39, 0.29) is 29.9 Å². The van der Waals surface area contributed by atoms with Crippen LogP contribution in [0.5, 0.6) is 11.5 Å². The number of aliphatic hydroxyl groups is 1. The zero-order valence-corrected chi connectivity index (χ0v) is 22.6. The van der Waals surface area contributed by atoms with Gasteiger partial charge in [-0.15, -0.1) is 8.78 Å². The highest BCUT2D eigenvalue weighted by molar-refractivity contribution is 6.03. The Morgan fingerprint density at radius 2 is 1.85 bits per heavy atom. The first-order valence-corrected chi connectivity index (χ1v) is 13.2. The third-order valence-corrected chi connectivity index (χ3v) is 7.92. The normalized spacial score (nSPS) is 22.1. The van der Waals surface area contributed by atoms with Gasteiger partial charge in [-0.1, -0.05) is 19.9 Å². The molecule has 3 aromatic rings. The predicted molar refractivity (Wildman–Crippen MR) is 139 cm³/mol. The molecule has 3 aliphatic rings. The standard InChI is InChI=1S/C29H31F3N2O6/c1-26(2,15-35)24-10-16-9-20(19(30)12-21(16)34(24)13-18-14-37-27(3,4)38-18)33-25(36)28(7-8-28)17-5-6-22-23(11-17)40-29(31,32)39-22/h5-6,9-12,18,35H,7-8,13-15H2,1-4H3,(H,33,36)/t18-/m0/s1. The van der Waals surface area contributed by atoms with E-state index in [1.165, 1.54) is 18.2 Å². The average Bonchev–Trinajstić information content (AvgIpc) is 3.39. The molecule has 214 valence electrons. The number of ether oxygens (including phenoxy) is 4. The molecule has 6 rings (SSSR count). The van der Waals surface area contributed by atoms with Crippen LogP contribution in [0.2, 0.25) is 0 Å². The Kier molecular flexibility index (Phi) is 5.96. The summed E-state index contributed by atoms with van der Waals surface area (Å²) >= 11 is 0. The molecule has 1 saturated heterocycles. The van der Waals surface area contributed by atoms with Crippen molar-refractivity contribution in [2.75, 3.05) is 18.5 Å². The molecule has 0 radical (unpaired) electrons. The molecule has 1 aromatic heterocycles. The average molecular weight is 561 g/mol. The number of carbonyl (C=O) groups excluding carboxylic acids is 1. The first-order chi connectivity index (χ1) is 18.7. The zero-order valence-electron chi connectivity index (χ0n) is 22.6. The molecule has 3 heterocycles. The molecule has 1 aliphatic carbocycles. The third-order valence-electron chi connectivity index (χ3n) is 7.92. The number of carbonyl (C=O) groups is 1. The van der Waals surface area contributed by atoms with Crippen LogP contribution in [0.15, 0.2) is 36.4 Å². The Bertz CT molecular complexity index is 1510. The fraction of sp³-hybridized carbons (Fsp3) is 0.483. The number of rotatable bonds is 7. The van der Waals surface area contributed by atoms with Gasteiger partial charge >= 0.3 is 6.29 Å². The van der Waals surface area contributed by atoms with E-state index >= 15 is 4.39 Å². The van der Waals surface area contributed by atoms with Crippen LogP contribution in [0.4, 0.5) is 18.9 Å². The number of amides is 1. The van der Waals surface area contributed by atoms with Gasteiger partial charge in [-0.3, -0.25) is 4.79 Å². The van der Waals surface area contributed by atoms with Gasteiger partial charge in [-0.2, -0.15) is 0 Å². The first kappa shape index (κ1) is 26.9. The number of hydrogen-bond donors (Lipinski definition) is 2. The van der Waals surface area contributed by atoms with Crippen molar-refractivity contribution in [3.8, 4) is 11.5 Å². The molecule has 1 amide bonds. The number of fused-ring (bicyclic) bond motifs is 2. The van der Waals surface area contributed by atoms with E-state index in [9.17, 15) is 18.7 Å². The van der Waals surface area contributed by atoms with Crippen LogP contribution in [-0.2, 0) is 31.6 Å². The molecule has 0 unspecified atom stereocenters.